The third-order valence-electron chi connectivity index (χ3n) is 1.37. The summed E-state index contributed by atoms with van der Waals surface area (Å²) >= 11 is 3.28. The van der Waals surface area contributed by atoms with Crippen molar-refractivity contribution < 1.29 is 0 Å². The Hall–Kier alpha value is -0.370. The molecular weight excluding hydrogens is 202 g/mol. The van der Waals surface area contributed by atoms with E-state index in [0.29, 0.717) is 5.92 Å². The fourth-order valence-corrected chi connectivity index (χ4v) is 1.16. The number of hydrogen-bond donors (Lipinski definition) is 0. The van der Waals surface area contributed by atoms with Crippen LogP contribution in [0.4, 0.5) is 0 Å². The molecule has 1 rings (SSSR count). The minimum Gasteiger partial charge on any atom is -0.249 e. The Morgan fingerprint density at radius 2 is 2.36 bits per heavy atom. The molecule has 1 aromatic rings. The first-order chi connectivity index (χ1) is 5.18. The zero-order valence-corrected chi connectivity index (χ0v) is 8.13. The van der Waals surface area contributed by atoms with Gasteiger partial charge in [-0.1, -0.05) is 19.9 Å². The molecule has 0 bridgehead atoms. The lowest BCUT2D eigenvalue weighted by atomic mass is 10.1. The van der Waals surface area contributed by atoms with Crippen molar-refractivity contribution >= 4 is 15.9 Å². The minimum absolute atomic E-state index is 0.456. The number of halogens is 1. The predicted octanol–water partition coefficient (Wildman–Crippen LogP) is 2.86. The first-order valence-electron chi connectivity index (χ1n) is 3.62. The van der Waals surface area contributed by atoms with Crippen LogP contribution in [0.3, 0.4) is 0 Å². The van der Waals surface area contributed by atoms with Crippen LogP contribution in [0, 0.1) is 12.8 Å². The molecule has 1 heterocycles. The molecule has 1 unspecified atom stereocenters. The van der Waals surface area contributed by atoms with Gasteiger partial charge in [0.1, 0.15) is 4.60 Å². The van der Waals surface area contributed by atoms with Gasteiger partial charge >= 0.3 is 0 Å². The second-order valence-corrected chi connectivity index (χ2v) is 3.61. The SMILES string of the molecule is [CH2]C(C)Cc1ccc(Br)nc1. The quantitative estimate of drug-likeness (QED) is 0.688. The summed E-state index contributed by atoms with van der Waals surface area (Å²) in [6.45, 7) is 6.02. The van der Waals surface area contributed by atoms with Gasteiger partial charge in [-0.2, -0.15) is 0 Å². The van der Waals surface area contributed by atoms with E-state index in [-0.39, 0.29) is 0 Å². The minimum atomic E-state index is 0.456. The van der Waals surface area contributed by atoms with E-state index in [0.717, 1.165) is 11.0 Å². The monoisotopic (exact) mass is 212 g/mol. The molecule has 0 N–H and O–H groups in total. The molecule has 1 aromatic heterocycles. The molecule has 0 aliphatic heterocycles. The summed E-state index contributed by atoms with van der Waals surface area (Å²) in [5.41, 5.74) is 1.25. The van der Waals surface area contributed by atoms with Crippen molar-refractivity contribution in [1.29, 1.82) is 0 Å². The van der Waals surface area contributed by atoms with Gasteiger partial charge in [-0.05, 0) is 39.9 Å². The van der Waals surface area contributed by atoms with Crippen molar-refractivity contribution in [2.75, 3.05) is 0 Å². The van der Waals surface area contributed by atoms with Gasteiger partial charge in [-0.25, -0.2) is 4.98 Å². The van der Waals surface area contributed by atoms with Crippen LogP contribution in [0.2, 0.25) is 0 Å². The Morgan fingerprint density at radius 3 is 2.82 bits per heavy atom. The lowest BCUT2D eigenvalue weighted by Crippen LogP contribution is -1.94. The summed E-state index contributed by atoms with van der Waals surface area (Å²) in [6.07, 6.45) is 2.88. The van der Waals surface area contributed by atoms with Gasteiger partial charge in [-0.3, -0.25) is 0 Å². The standard InChI is InChI=1S/C9H11BrN/c1-7(2)5-8-3-4-9(10)11-6-8/h3-4,6-7H,1,5H2,2H3. The Labute approximate surface area is 76.0 Å². The molecule has 0 aromatic carbocycles. The molecule has 0 fully saturated rings. The molecule has 11 heavy (non-hydrogen) atoms. The smallest absolute Gasteiger partial charge is 0.106 e. The number of aromatic nitrogens is 1. The summed E-state index contributed by atoms with van der Waals surface area (Å²) in [5.74, 6) is 0.456. The molecular formula is C9H11BrN. The highest BCUT2D eigenvalue weighted by Crippen LogP contribution is 2.09. The first-order valence-corrected chi connectivity index (χ1v) is 4.41. The van der Waals surface area contributed by atoms with E-state index >= 15 is 0 Å². The van der Waals surface area contributed by atoms with Crippen LogP contribution in [0.5, 0.6) is 0 Å². The molecule has 2 heteroatoms. The van der Waals surface area contributed by atoms with Gasteiger partial charge < -0.3 is 0 Å². The van der Waals surface area contributed by atoms with Gasteiger partial charge in [0.05, 0.1) is 0 Å². The molecule has 0 spiro atoms. The van der Waals surface area contributed by atoms with Gasteiger partial charge in [-0.15, -0.1) is 0 Å². The maximum atomic E-state index is 4.12. The third-order valence-corrected chi connectivity index (χ3v) is 1.84. The molecule has 1 radical (unpaired) electrons. The first kappa shape index (κ1) is 8.72. The number of rotatable bonds is 2. The van der Waals surface area contributed by atoms with Crippen molar-refractivity contribution in [3.63, 3.8) is 0 Å². The number of pyridine rings is 1. The second kappa shape index (κ2) is 3.86. The molecule has 0 saturated carbocycles. The number of nitrogens with zero attached hydrogens (tertiary/aromatic N) is 1. The van der Waals surface area contributed by atoms with Crippen molar-refractivity contribution in [3.05, 3.63) is 35.4 Å². The van der Waals surface area contributed by atoms with E-state index in [2.05, 4.69) is 40.8 Å². The lowest BCUT2D eigenvalue weighted by Gasteiger charge is -2.02. The average molecular weight is 213 g/mol. The van der Waals surface area contributed by atoms with Crippen LogP contribution in [0.25, 0.3) is 0 Å². The van der Waals surface area contributed by atoms with Gasteiger partial charge in [0.2, 0.25) is 0 Å². The van der Waals surface area contributed by atoms with Crippen LogP contribution >= 0.6 is 15.9 Å². The molecule has 0 amide bonds. The van der Waals surface area contributed by atoms with Gasteiger partial charge in [0, 0.05) is 6.20 Å². The Balaban J connectivity index is 2.66. The summed E-state index contributed by atoms with van der Waals surface area (Å²) in [5, 5.41) is 0. The van der Waals surface area contributed by atoms with Crippen LogP contribution < -0.4 is 0 Å². The van der Waals surface area contributed by atoms with E-state index in [9.17, 15) is 0 Å². The zero-order chi connectivity index (χ0) is 8.27. The van der Waals surface area contributed by atoms with Crippen molar-refractivity contribution in [1.82, 2.24) is 4.98 Å². The molecule has 1 atom stereocenters. The van der Waals surface area contributed by atoms with Crippen LogP contribution in [0.15, 0.2) is 22.9 Å². The van der Waals surface area contributed by atoms with E-state index in [4.69, 9.17) is 0 Å². The van der Waals surface area contributed by atoms with E-state index < -0.39 is 0 Å². The zero-order valence-electron chi connectivity index (χ0n) is 6.55. The van der Waals surface area contributed by atoms with Crippen LogP contribution in [-0.2, 0) is 6.42 Å². The Morgan fingerprint density at radius 1 is 1.64 bits per heavy atom. The maximum absolute atomic E-state index is 4.12. The second-order valence-electron chi connectivity index (χ2n) is 2.80. The summed E-state index contributed by atoms with van der Waals surface area (Å²) in [6, 6.07) is 4.02. The average Bonchev–Trinajstić information content (AvgIpc) is 1.93. The van der Waals surface area contributed by atoms with E-state index in [1.165, 1.54) is 5.56 Å². The maximum Gasteiger partial charge on any atom is 0.106 e. The topological polar surface area (TPSA) is 12.9 Å². The Kier molecular flexibility index (Phi) is 3.06. The van der Waals surface area contributed by atoms with E-state index in [1.807, 2.05) is 12.3 Å². The summed E-state index contributed by atoms with van der Waals surface area (Å²) in [7, 11) is 0. The molecule has 1 nitrogen and oxygen atoms in total. The lowest BCUT2D eigenvalue weighted by molar-refractivity contribution is 0.716. The fraction of sp³-hybridized carbons (Fsp3) is 0.333. The van der Waals surface area contributed by atoms with Crippen LogP contribution in [-0.4, -0.2) is 4.98 Å². The molecule has 0 aliphatic carbocycles. The van der Waals surface area contributed by atoms with E-state index in [1.54, 1.807) is 0 Å². The normalized spacial score (nSPS) is 10.5. The fourth-order valence-electron chi connectivity index (χ4n) is 0.930. The summed E-state index contributed by atoms with van der Waals surface area (Å²) < 4.78 is 0.887. The van der Waals surface area contributed by atoms with Crippen LogP contribution in [0.1, 0.15) is 12.5 Å². The highest BCUT2D eigenvalue weighted by atomic mass is 79.9. The van der Waals surface area contributed by atoms with Gasteiger partial charge in [0.15, 0.2) is 0 Å². The van der Waals surface area contributed by atoms with Gasteiger partial charge in [0.25, 0.3) is 0 Å². The Bertz CT molecular complexity index is 216. The summed E-state index contributed by atoms with van der Waals surface area (Å²) in [4.78, 5) is 4.12. The predicted molar refractivity (Wildman–Crippen MR) is 50.2 cm³/mol. The third kappa shape index (κ3) is 3.02. The molecule has 0 aliphatic rings. The number of hydrogen-bond acceptors (Lipinski definition) is 1. The van der Waals surface area contributed by atoms with Crippen molar-refractivity contribution in [2.24, 2.45) is 5.92 Å². The molecule has 0 saturated heterocycles. The highest BCUT2D eigenvalue weighted by molar-refractivity contribution is 9.10. The molecule has 59 valence electrons. The van der Waals surface area contributed by atoms with Crippen molar-refractivity contribution in [3.8, 4) is 0 Å². The highest BCUT2D eigenvalue weighted by Gasteiger charge is 1.96. The largest absolute Gasteiger partial charge is 0.249 e. The van der Waals surface area contributed by atoms with Crippen molar-refractivity contribution in [2.45, 2.75) is 13.3 Å².